The lowest BCUT2D eigenvalue weighted by atomic mass is 9.94. The Labute approximate surface area is 399 Å². The van der Waals surface area contributed by atoms with Crippen molar-refractivity contribution >= 4 is 21.8 Å². The first kappa shape index (κ1) is 47.3. The van der Waals surface area contributed by atoms with Crippen molar-refractivity contribution in [1.29, 1.82) is 0 Å². The number of halogens is 13. The van der Waals surface area contributed by atoms with E-state index >= 15 is 4.39 Å². The van der Waals surface area contributed by atoms with E-state index < -0.39 is 63.9 Å². The zero-order chi connectivity index (χ0) is 50.9. The fraction of sp³-hybridized carbons (Fsp3) is 0.0727. The molecule has 0 aliphatic heterocycles. The van der Waals surface area contributed by atoms with Gasteiger partial charge >= 0.3 is 24.7 Å². The lowest BCUT2D eigenvalue weighted by Crippen LogP contribution is -2.12. The number of benzene rings is 8. The molecule has 0 unspecified atom stereocenters. The molecular formula is C55H29F13N4. The van der Waals surface area contributed by atoms with Crippen molar-refractivity contribution in [2.45, 2.75) is 24.7 Å². The van der Waals surface area contributed by atoms with E-state index in [2.05, 4.69) is 0 Å². The Morgan fingerprint density at radius 1 is 0.319 bits per heavy atom. The summed E-state index contributed by atoms with van der Waals surface area (Å²) in [6, 6.07) is 38.7. The molecular weight excluding hydrogens is 964 g/mol. The molecule has 0 amide bonds. The van der Waals surface area contributed by atoms with E-state index in [0.29, 0.717) is 46.6 Å². The first-order chi connectivity index (χ1) is 34.1. The molecule has 0 fully saturated rings. The van der Waals surface area contributed by atoms with Gasteiger partial charge in [-0.3, -0.25) is 0 Å². The van der Waals surface area contributed by atoms with Gasteiger partial charge in [0.25, 0.3) is 0 Å². The predicted octanol–water partition coefficient (Wildman–Crippen LogP) is 17.2. The number of rotatable bonds is 7. The topological polar surface area (TPSA) is 43.6 Å². The molecule has 8 aromatic carbocycles. The van der Waals surface area contributed by atoms with Gasteiger partial charge in [-0.2, -0.15) is 52.7 Å². The lowest BCUT2D eigenvalue weighted by molar-refractivity contribution is -0.144. The number of hydrogen-bond acceptors (Lipinski definition) is 3. The van der Waals surface area contributed by atoms with Gasteiger partial charge in [0.05, 0.1) is 33.3 Å². The Morgan fingerprint density at radius 3 is 1.19 bits per heavy atom. The molecule has 0 aliphatic rings. The SMILES string of the molecule is Fc1ccccc1-c1ccc(-n2c3ccc(-c4ccc(C(F)(F)F)cc4C(F)(F)F)cc3c3cc(-c4ccc(C(F)(F)F)cc4C(F)(F)F)ccc32)cc1-c1nc(-c2ccccc2)nc(-c2ccccc2)n1. The summed E-state index contributed by atoms with van der Waals surface area (Å²) in [4.78, 5) is 14.5. The zero-order valence-electron chi connectivity index (χ0n) is 36.4. The second-order valence-electron chi connectivity index (χ2n) is 16.6. The number of aromatic nitrogens is 4. The van der Waals surface area contributed by atoms with E-state index in [9.17, 15) is 52.7 Å². The highest BCUT2D eigenvalue weighted by atomic mass is 19.4. The van der Waals surface area contributed by atoms with Crippen LogP contribution in [-0.4, -0.2) is 19.5 Å². The van der Waals surface area contributed by atoms with E-state index in [1.54, 1.807) is 95.6 Å². The van der Waals surface area contributed by atoms with Crippen LogP contribution in [0.25, 0.3) is 95.0 Å². The molecule has 2 aromatic heterocycles. The van der Waals surface area contributed by atoms with E-state index in [1.807, 2.05) is 0 Å². The molecule has 17 heteroatoms. The van der Waals surface area contributed by atoms with Crippen molar-refractivity contribution in [3.63, 3.8) is 0 Å². The standard InChI is InChI=1S/C55H29F13N4/c56-46-14-8-7-13-40(46)39-22-19-36(29-43(39)51-70-49(30-9-3-1-4-10-30)69-50(71-51)31-11-5-2-6-12-31)72-47-23-15-32(37-20-17-34(52(57,58)59)27-44(37)54(63,64)65)25-41(47)42-26-33(16-24-48(42)72)38-21-18-35(53(60,61)62)28-45(38)55(66,67)68/h1-29H. The van der Waals surface area contributed by atoms with Crippen molar-refractivity contribution in [2.75, 3.05) is 0 Å². The van der Waals surface area contributed by atoms with Crippen molar-refractivity contribution in [1.82, 2.24) is 19.5 Å². The van der Waals surface area contributed by atoms with Gasteiger partial charge in [-0.1, -0.05) is 109 Å². The second-order valence-corrected chi connectivity index (χ2v) is 16.6. The fourth-order valence-corrected chi connectivity index (χ4v) is 8.75. The largest absolute Gasteiger partial charge is 0.417 e. The van der Waals surface area contributed by atoms with Gasteiger partial charge < -0.3 is 4.57 Å². The molecule has 10 aromatic rings. The van der Waals surface area contributed by atoms with Crippen molar-refractivity contribution in [3.05, 3.63) is 204 Å². The summed E-state index contributed by atoms with van der Waals surface area (Å²) in [6.07, 6.45) is -20.8. The van der Waals surface area contributed by atoms with Crippen LogP contribution in [0.15, 0.2) is 176 Å². The molecule has 0 N–H and O–H groups in total. The third-order valence-corrected chi connectivity index (χ3v) is 12.1. The Morgan fingerprint density at radius 2 is 0.750 bits per heavy atom. The number of nitrogens with zero attached hydrogens (tertiary/aromatic N) is 4. The second kappa shape index (κ2) is 17.5. The minimum atomic E-state index is -5.28. The first-order valence-electron chi connectivity index (χ1n) is 21.6. The number of alkyl halides is 12. The van der Waals surface area contributed by atoms with Crippen LogP contribution in [0.4, 0.5) is 57.1 Å². The van der Waals surface area contributed by atoms with E-state index in [1.165, 1.54) is 48.5 Å². The minimum absolute atomic E-state index is 0.0174. The predicted molar refractivity (Wildman–Crippen MR) is 247 cm³/mol. The van der Waals surface area contributed by atoms with Crippen LogP contribution in [-0.2, 0) is 24.7 Å². The van der Waals surface area contributed by atoms with Crippen LogP contribution in [0, 0.1) is 5.82 Å². The van der Waals surface area contributed by atoms with Crippen molar-refractivity contribution in [3.8, 4) is 73.2 Å². The summed E-state index contributed by atoms with van der Waals surface area (Å²) in [6.45, 7) is 0. The van der Waals surface area contributed by atoms with Gasteiger partial charge in [-0.25, -0.2) is 19.3 Å². The molecule has 0 bridgehead atoms. The summed E-state index contributed by atoms with van der Waals surface area (Å²) >= 11 is 0. The Kier molecular flexibility index (Phi) is 11.5. The molecule has 72 heavy (non-hydrogen) atoms. The minimum Gasteiger partial charge on any atom is -0.309 e. The van der Waals surface area contributed by atoms with Crippen LogP contribution in [0.3, 0.4) is 0 Å². The van der Waals surface area contributed by atoms with Gasteiger partial charge in [-0.15, -0.1) is 0 Å². The first-order valence-corrected chi connectivity index (χ1v) is 21.6. The Hall–Kier alpha value is -8.34. The lowest BCUT2D eigenvalue weighted by Gasteiger charge is -2.17. The van der Waals surface area contributed by atoms with Gasteiger partial charge in [0.2, 0.25) is 0 Å². The third kappa shape index (κ3) is 8.90. The van der Waals surface area contributed by atoms with Crippen LogP contribution < -0.4 is 0 Å². The average molecular weight is 993 g/mol. The van der Waals surface area contributed by atoms with Gasteiger partial charge in [-0.05, 0) is 94.5 Å². The highest BCUT2D eigenvalue weighted by Crippen LogP contribution is 2.46. The van der Waals surface area contributed by atoms with E-state index in [-0.39, 0.29) is 73.7 Å². The monoisotopic (exact) mass is 992 g/mol. The quantitative estimate of drug-likeness (QED) is 0.149. The fourth-order valence-electron chi connectivity index (χ4n) is 8.75. The maximum atomic E-state index is 15.9. The summed E-state index contributed by atoms with van der Waals surface area (Å²) in [5, 5.41) is 0.186. The molecule has 0 atom stereocenters. The van der Waals surface area contributed by atoms with Crippen LogP contribution in [0.1, 0.15) is 22.3 Å². The van der Waals surface area contributed by atoms with Crippen molar-refractivity contribution < 1.29 is 57.1 Å². The highest BCUT2D eigenvalue weighted by Gasteiger charge is 2.40. The number of hydrogen-bond donors (Lipinski definition) is 0. The van der Waals surface area contributed by atoms with E-state index in [4.69, 9.17) is 15.0 Å². The van der Waals surface area contributed by atoms with Gasteiger partial charge in [0.1, 0.15) is 5.82 Å². The van der Waals surface area contributed by atoms with Crippen molar-refractivity contribution in [2.24, 2.45) is 0 Å². The normalized spacial score (nSPS) is 12.5. The summed E-state index contributed by atoms with van der Waals surface area (Å²) in [7, 11) is 0. The van der Waals surface area contributed by atoms with Crippen LogP contribution >= 0.6 is 0 Å². The zero-order valence-corrected chi connectivity index (χ0v) is 36.4. The molecule has 4 nitrogen and oxygen atoms in total. The van der Waals surface area contributed by atoms with Gasteiger partial charge in [0, 0.05) is 38.7 Å². The molecule has 360 valence electrons. The summed E-state index contributed by atoms with van der Waals surface area (Å²) in [5.74, 6) is -0.0161. The molecule has 2 heterocycles. The molecule has 0 saturated heterocycles. The molecule has 0 saturated carbocycles. The third-order valence-electron chi connectivity index (χ3n) is 12.1. The highest BCUT2D eigenvalue weighted by molar-refractivity contribution is 6.12. The summed E-state index contributed by atoms with van der Waals surface area (Å²) in [5.41, 5.74) is -5.39. The maximum Gasteiger partial charge on any atom is 0.417 e. The molecule has 0 radical (unpaired) electrons. The molecule has 10 rings (SSSR count). The maximum absolute atomic E-state index is 15.9. The summed E-state index contributed by atoms with van der Waals surface area (Å²) < 4.78 is 188. The van der Waals surface area contributed by atoms with Crippen LogP contribution in [0.5, 0.6) is 0 Å². The number of fused-ring (bicyclic) bond motifs is 3. The smallest absolute Gasteiger partial charge is 0.309 e. The molecule has 0 spiro atoms. The average Bonchev–Trinajstić information content (AvgIpc) is 3.68. The van der Waals surface area contributed by atoms with E-state index in [0.717, 1.165) is 0 Å². The van der Waals surface area contributed by atoms with Gasteiger partial charge in [0.15, 0.2) is 17.5 Å². The molecule has 0 aliphatic carbocycles. The Bertz CT molecular complexity index is 3520. The van der Waals surface area contributed by atoms with Crippen LogP contribution in [0.2, 0.25) is 0 Å². The Balaban J connectivity index is 1.26.